The molecule has 27 heavy (non-hydrogen) atoms. The molecule has 2 aromatic carbocycles. The number of likely N-dealkylation sites (tertiary alicyclic amines) is 1. The molecule has 0 radical (unpaired) electrons. The van der Waals surface area contributed by atoms with Gasteiger partial charge in [0.15, 0.2) is 6.61 Å². The minimum atomic E-state index is -0.0915. The first-order chi connectivity index (χ1) is 13.1. The highest BCUT2D eigenvalue weighted by molar-refractivity contribution is 6.30. The van der Waals surface area contributed by atoms with E-state index in [0.29, 0.717) is 23.2 Å². The topological polar surface area (TPSA) is 41.6 Å². The van der Waals surface area contributed by atoms with Gasteiger partial charge < -0.3 is 15.0 Å². The summed E-state index contributed by atoms with van der Waals surface area (Å²) in [4.78, 5) is 14.3. The van der Waals surface area contributed by atoms with Gasteiger partial charge >= 0.3 is 0 Å². The van der Waals surface area contributed by atoms with Crippen molar-refractivity contribution in [2.45, 2.75) is 12.8 Å². The summed E-state index contributed by atoms with van der Waals surface area (Å²) >= 11 is 11.7. The molecule has 4 nitrogen and oxygen atoms in total. The van der Waals surface area contributed by atoms with Crippen molar-refractivity contribution in [1.29, 1.82) is 0 Å². The molecule has 1 aliphatic heterocycles. The van der Waals surface area contributed by atoms with Crippen molar-refractivity contribution in [1.82, 2.24) is 10.2 Å². The molecule has 144 valence electrons. The lowest BCUT2D eigenvalue weighted by Gasteiger charge is -2.39. The maximum atomic E-state index is 11.9. The molecule has 0 atom stereocenters. The fourth-order valence-corrected chi connectivity index (χ4v) is 3.39. The molecule has 1 aliphatic rings. The zero-order valence-corrected chi connectivity index (χ0v) is 16.7. The van der Waals surface area contributed by atoms with Crippen molar-refractivity contribution in [3.05, 3.63) is 64.1 Å². The van der Waals surface area contributed by atoms with Crippen molar-refractivity contribution in [3.63, 3.8) is 0 Å². The highest BCUT2D eigenvalue weighted by atomic mass is 35.5. The van der Waals surface area contributed by atoms with Gasteiger partial charge in [-0.2, -0.15) is 0 Å². The van der Waals surface area contributed by atoms with E-state index in [1.165, 1.54) is 5.56 Å². The second-order valence-electron chi connectivity index (χ2n) is 6.90. The molecule has 0 aliphatic carbocycles. The molecule has 1 saturated heterocycles. The van der Waals surface area contributed by atoms with Crippen LogP contribution in [0.2, 0.25) is 10.0 Å². The van der Waals surface area contributed by atoms with Crippen LogP contribution in [0, 0.1) is 5.92 Å². The third-order valence-corrected chi connectivity index (χ3v) is 5.16. The largest absolute Gasteiger partial charge is 0.484 e. The number of aryl methyl sites for hydroxylation is 1. The Hall–Kier alpha value is -1.75. The van der Waals surface area contributed by atoms with Crippen molar-refractivity contribution < 1.29 is 9.53 Å². The van der Waals surface area contributed by atoms with E-state index in [2.05, 4.69) is 22.3 Å². The van der Waals surface area contributed by atoms with Gasteiger partial charge in [0.25, 0.3) is 5.91 Å². The van der Waals surface area contributed by atoms with Gasteiger partial charge in [-0.25, -0.2) is 0 Å². The average molecular weight is 407 g/mol. The molecule has 1 N–H and O–H groups in total. The lowest BCUT2D eigenvalue weighted by molar-refractivity contribution is -0.123. The Balaban J connectivity index is 1.23. The molecule has 2 aromatic rings. The zero-order valence-electron chi connectivity index (χ0n) is 15.2. The predicted octanol–water partition coefficient (Wildman–Crippen LogP) is 4.05. The predicted molar refractivity (Wildman–Crippen MR) is 110 cm³/mol. The number of amides is 1. The van der Waals surface area contributed by atoms with Crippen LogP contribution in [0.15, 0.2) is 48.5 Å². The number of nitrogens with one attached hydrogen (secondary N) is 1. The number of nitrogens with zero attached hydrogens (tertiary/aromatic N) is 1. The van der Waals surface area contributed by atoms with Crippen LogP contribution in [0.5, 0.6) is 5.75 Å². The maximum absolute atomic E-state index is 11.9. The number of hydrogen-bond acceptors (Lipinski definition) is 3. The Morgan fingerprint density at radius 3 is 2.33 bits per heavy atom. The minimum absolute atomic E-state index is 0.0269. The van der Waals surface area contributed by atoms with E-state index >= 15 is 0 Å². The molecule has 0 aromatic heterocycles. The standard InChI is InChI=1S/C21H24Cl2N2O2/c22-18-5-3-16(4-6-18)2-1-11-25-13-17(14-25)12-24-21(26)15-27-20-9-7-19(23)8-10-20/h3-10,17H,1-2,11-15H2,(H,24,26). The summed E-state index contributed by atoms with van der Waals surface area (Å²) in [5, 5.41) is 4.37. The van der Waals surface area contributed by atoms with Gasteiger partial charge in [0.1, 0.15) is 5.75 Å². The summed E-state index contributed by atoms with van der Waals surface area (Å²) in [6.07, 6.45) is 2.20. The molecule has 1 heterocycles. The first kappa shape index (κ1) is 20.0. The molecule has 3 rings (SSSR count). The van der Waals surface area contributed by atoms with Crippen LogP contribution in [0.3, 0.4) is 0 Å². The molecule has 1 amide bonds. The minimum Gasteiger partial charge on any atom is -0.484 e. The van der Waals surface area contributed by atoms with Gasteiger partial charge in [-0.3, -0.25) is 4.79 Å². The lowest BCUT2D eigenvalue weighted by Crippen LogP contribution is -2.51. The number of halogens is 2. The summed E-state index contributed by atoms with van der Waals surface area (Å²) in [6.45, 7) is 3.90. The molecule has 6 heteroatoms. The van der Waals surface area contributed by atoms with Crippen molar-refractivity contribution in [2.75, 3.05) is 32.8 Å². The van der Waals surface area contributed by atoms with Gasteiger partial charge in [-0.15, -0.1) is 0 Å². The van der Waals surface area contributed by atoms with Gasteiger partial charge in [-0.05, 0) is 61.3 Å². The number of ether oxygens (including phenoxy) is 1. The molecular formula is C21H24Cl2N2O2. The SMILES string of the molecule is O=C(COc1ccc(Cl)cc1)NCC1CN(CCCc2ccc(Cl)cc2)C1. The van der Waals surface area contributed by atoms with E-state index in [4.69, 9.17) is 27.9 Å². The molecule has 0 unspecified atom stereocenters. The maximum Gasteiger partial charge on any atom is 0.257 e. The number of carbonyl (C=O) groups excluding carboxylic acids is 1. The van der Waals surface area contributed by atoms with Crippen LogP contribution in [0.4, 0.5) is 0 Å². The van der Waals surface area contributed by atoms with Gasteiger partial charge in [0, 0.05) is 35.6 Å². The fourth-order valence-electron chi connectivity index (χ4n) is 3.14. The van der Waals surface area contributed by atoms with Crippen LogP contribution < -0.4 is 10.1 Å². The van der Waals surface area contributed by atoms with E-state index in [0.717, 1.165) is 37.5 Å². The lowest BCUT2D eigenvalue weighted by atomic mass is 9.99. The monoisotopic (exact) mass is 406 g/mol. The number of rotatable bonds is 9. The van der Waals surface area contributed by atoms with Crippen LogP contribution in [0.25, 0.3) is 0 Å². The highest BCUT2D eigenvalue weighted by Crippen LogP contribution is 2.17. The second-order valence-corrected chi connectivity index (χ2v) is 7.78. The van der Waals surface area contributed by atoms with Crippen molar-refractivity contribution in [2.24, 2.45) is 5.92 Å². The Bertz CT molecular complexity index is 729. The molecule has 0 saturated carbocycles. The third-order valence-electron chi connectivity index (χ3n) is 4.66. The second kappa shape index (κ2) is 9.98. The summed E-state index contributed by atoms with van der Waals surface area (Å²) in [5.74, 6) is 1.08. The zero-order chi connectivity index (χ0) is 19.1. The molecule has 1 fully saturated rings. The quantitative estimate of drug-likeness (QED) is 0.682. The summed E-state index contributed by atoms with van der Waals surface area (Å²) in [6, 6.07) is 15.0. The molecule has 0 bridgehead atoms. The van der Waals surface area contributed by atoms with Crippen molar-refractivity contribution >= 4 is 29.1 Å². The summed E-state index contributed by atoms with van der Waals surface area (Å²) < 4.78 is 5.44. The highest BCUT2D eigenvalue weighted by Gasteiger charge is 2.26. The van der Waals surface area contributed by atoms with E-state index in [-0.39, 0.29) is 12.5 Å². The van der Waals surface area contributed by atoms with Crippen LogP contribution in [-0.4, -0.2) is 43.6 Å². The van der Waals surface area contributed by atoms with Gasteiger partial charge in [0.05, 0.1) is 0 Å². The smallest absolute Gasteiger partial charge is 0.257 e. The molecular weight excluding hydrogens is 383 g/mol. The Morgan fingerprint density at radius 2 is 1.67 bits per heavy atom. The average Bonchev–Trinajstić information content (AvgIpc) is 2.64. The number of benzene rings is 2. The van der Waals surface area contributed by atoms with Gasteiger partial charge in [0.2, 0.25) is 0 Å². The van der Waals surface area contributed by atoms with Crippen LogP contribution >= 0.6 is 23.2 Å². The fraction of sp³-hybridized carbons (Fsp3) is 0.381. The summed E-state index contributed by atoms with van der Waals surface area (Å²) in [5.41, 5.74) is 1.32. The van der Waals surface area contributed by atoms with Crippen LogP contribution in [0.1, 0.15) is 12.0 Å². The van der Waals surface area contributed by atoms with Crippen molar-refractivity contribution in [3.8, 4) is 5.75 Å². The molecule has 0 spiro atoms. The van der Waals surface area contributed by atoms with E-state index in [1.54, 1.807) is 24.3 Å². The first-order valence-electron chi connectivity index (χ1n) is 9.20. The Kier molecular flexibility index (Phi) is 7.39. The summed E-state index contributed by atoms with van der Waals surface area (Å²) in [7, 11) is 0. The van der Waals surface area contributed by atoms with Crippen LogP contribution in [-0.2, 0) is 11.2 Å². The Morgan fingerprint density at radius 1 is 1.04 bits per heavy atom. The normalized spacial score (nSPS) is 14.6. The third kappa shape index (κ3) is 6.73. The Labute approximate surface area is 170 Å². The van der Waals surface area contributed by atoms with E-state index in [9.17, 15) is 4.79 Å². The van der Waals surface area contributed by atoms with Gasteiger partial charge in [-0.1, -0.05) is 35.3 Å². The number of carbonyl (C=O) groups is 1. The van der Waals surface area contributed by atoms with E-state index in [1.807, 2.05) is 12.1 Å². The number of hydrogen-bond donors (Lipinski definition) is 1. The van der Waals surface area contributed by atoms with E-state index < -0.39 is 0 Å². The first-order valence-corrected chi connectivity index (χ1v) is 9.96.